The first-order chi connectivity index (χ1) is 30.9. The molecule has 0 N–H and O–H groups in total. The Hall–Kier alpha value is -5.64. The van der Waals surface area contributed by atoms with Gasteiger partial charge in [0, 0.05) is 37.1 Å². The Kier molecular flexibility index (Phi) is 25.1. The van der Waals surface area contributed by atoms with Crippen molar-refractivity contribution < 1.29 is 47.6 Å². The predicted molar refractivity (Wildman–Crippen MR) is 268 cm³/mol. The molecule has 0 saturated heterocycles. The van der Waals surface area contributed by atoms with E-state index in [-0.39, 0.29) is 23.1 Å². The summed E-state index contributed by atoms with van der Waals surface area (Å²) in [6.45, 7) is 40.3. The molecule has 0 radical (unpaired) electrons. The molecule has 4 atom stereocenters. The Labute approximate surface area is 397 Å². The first kappa shape index (κ1) is 58.4. The number of carbonyl (C=O) groups excluding carboxylic acids is 4. The zero-order valence-electron chi connectivity index (χ0n) is 41.8. The minimum absolute atomic E-state index is 0.359. The van der Waals surface area contributed by atoms with E-state index >= 15 is 0 Å². The molecule has 3 aliphatic rings. The molecule has 4 unspecified atom stereocenters. The van der Waals surface area contributed by atoms with Gasteiger partial charge in [0.15, 0.2) is 0 Å². The van der Waals surface area contributed by atoms with Gasteiger partial charge in [0.25, 0.3) is 0 Å². The van der Waals surface area contributed by atoms with Crippen LogP contribution in [0.2, 0.25) is 0 Å². The molecule has 3 fully saturated rings. The highest BCUT2D eigenvalue weighted by molar-refractivity contribution is 5.82. The highest BCUT2D eigenvalue weighted by atomic mass is 16.6. The van der Waals surface area contributed by atoms with E-state index in [1.807, 2.05) is 60.7 Å². The van der Waals surface area contributed by atoms with Gasteiger partial charge in [0.1, 0.15) is 33.9 Å². The van der Waals surface area contributed by atoms with Gasteiger partial charge < -0.3 is 28.4 Å². The van der Waals surface area contributed by atoms with Gasteiger partial charge in [-0.05, 0) is 160 Å². The predicted octanol–water partition coefficient (Wildman–Crippen LogP) is 13.1. The number of ether oxygens (including phenoxy) is 6. The Morgan fingerprint density at radius 1 is 0.500 bits per heavy atom. The molecule has 0 heterocycles. The molecular formula is C56H80O10. The number of hydrogen-bond donors (Lipinski definition) is 0. The van der Waals surface area contributed by atoms with Gasteiger partial charge in [0.05, 0.1) is 13.2 Å². The van der Waals surface area contributed by atoms with Crippen LogP contribution in [0.3, 0.4) is 0 Å². The number of benzene rings is 2. The number of hydrogen-bond acceptors (Lipinski definition) is 10. The van der Waals surface area contributed by atoms with Gasteiger partial charge in [-0.1, -0.05) is 82.3 Å². The maximum atomic E-state index is 11.1. The second-order valence-corrected chi connectivity index (χ2v) is 18.9. The van der Waals surface area contributed by atoms with Crippen molar-refractivity contribution >= 4 is 36.0 Å². The second-order valence-electron chi connectivity index (χ2n) is 18.9. The van der Waals surface area contributed by atoms with Crippen LogP contribution in [0.15, 0.2) is 112 Å². The summed E-state index contributed by atoms with van der Waals surface area (Å²) in [5.74, 6) is 4.78. The molecular weight excluding hydrogens is 833 g/mol. The molecule has 2 bridgehead atoms. The number of esters is 4. The van der Waals surface area contributed by atoms with Gasteiger partial charge in [-0.15, -0.1) is 0 Å². The van der Waals surface area contributed by atoms with E-state index in [9.17, 15) is 19.2 Å². The first-order valence-corrected chi connectivity index (χ1v) is 23.0. The van der Waals surface area contributed by atoms with Crippen molar-refractivity contribution in [1.29, 1.82) is 0 Å². The van der Waals surface area contributed by atoms with Crippen molar-refractivity contribution in [3.63, 3.8) is 0 Å². The van der Waals surface area contributed by atoms with Crippen LogP contribution >= 0.6 is 0 Å². The van der Waals surface area contributed by atoms with Crippen LogP contribution in [-0.2, 0) is 38.1 Å². The van der Waals surface area contributed by atoms with E-state index in [1.165, 1.54) is 23.7 Å². The molecule has 0 aliphatic heterocycles. The molecule has 0 spiro atoms. The van der Waals surface area contributed by atoms with Crippen LogP contribution < -0.4 is 9.47 Å². The first-order valence-electron chi connectivity index (χ1n) is 23.0. The van der Waals surface area contributed by atoms with Crippen LogP contribution in [0.4, 0.5) is 0 Å². The summed E-state index contributed by atoms with van der Waals surface area (Å²) in [4.78, 5) is 42.4. The third-order valence-corrected chi connectivity index (χ3v) is 11.1. The quantitative estimate of drug-likeness (QED) is 0.0811. The lowest BCUT2D eigenvalue weighted by Crippen LogP contribution is -2.41. The fourth-order valence-electron chi connectivity index (χ4n) is 9.23. The Morgan fingerprint density at radius 2 is 0.818 bits per heavy atom. The van der Waals surface area contributed by atoms with Crippen molar-refractivity contribution in [2.75, 3.05) is 13.2 Å². The van der Waals surface area contributed by atoms with E-state index in [1.54, 1.807) is 80.1 Å². The Balaban J connectivity index is 0.000000455. The SMILES string of the molecule is C1CC2C3CCC(C3)C2C1.C=CC(=O)OC(C)(C)CC(C)(C)OC(=O)C=C.C=CC(=O)OCC.C=CC(=O)OCC.C=Cc1ccc(OC(C)(C)CC(C)(C)Oc2ccc(C=C)cc2)cc1. The van der Waals surface area contributed by atoms with Gasteiger partial charge in [0.2, 0.25) is 0 Å². The van der Waals surface area contributed by atoms with E-state index < -0.39 is 23.1 Å². The van der Waals surface area contributed by atoms with Crippen LogP contribution in [0, 0.1) is 23.7 Å². The average Bonchev–Trinajstić information content (AvgIpc) is 4.01. The standard InChI is InChI=1S/C23H28O2.C13H20O4.C10H16.2C5H8O2/c1-7-18-9-13-20(14-10-18)24-22(3,4)17-23(5,6)25-21-15-11-19(8-2)12-16-21;1-7-10(14)16-12(3,4)9-13(5,6)17-11(15)8-2;1-2-9-7-4-5-8(6-7)10(9)3-1;2*1-3-5(6)7-4-2/h7-16H,1-2,17H2,3-6H3;7-8H,1-2,9H2,3-6H3;7-10H,1-6H2;2*3H,1,4H2,2H3. The van der Waals surface area contributed by atoms with Gasteiger partial charge in [-0.2, -0.15) is 0 Å². The minimum atomic E-state index is -0.740. The van der Waals surface area contributed by atoms with Gasteiger partial charge >= 0.3 is 23.9 Å². The number of carbonyl (C=O) groups is 4. The minimum Gasteiger partial charge on any atom is -0.488 e. The van der Waals surface area contributed by atoms with Crippen molar-refractivity contribution in [3.8, 4) is 11.5 Å². The van der Waals surface area contributed by atoms with Crippen LogP contribution in [-0.4, -0.2) is 59.5 Å². The van der Waals surface area contributed by atoms with Crippen molar-refractivity contribution in [1.82, 2.24) is 0 Å². The normalized spacial score (nSPS) is 17.7. The van der Waals surface area contributed by atoms with Crippen molar-refractivity contribution in [2.24, 2.45) is 23.7 Å². The summed E-state index contributed by atoms with van der Waals surface area (Å²) in [6.07, 6.45) is 18.8. The summed E-state index contributed by atoms with van der Waals surface area (Å²) < 4.78 is 31.6. The van der Waals surface area contributed by atoms with Crippen molar-refractivity contribution in [3.05, 3.63) is 123 Å². The summed E-state index contributed by atoms with van der Waals surface area (Å²) in [5.41, 5.74) is -0.0407. The zero-order chi connectivity index (χ0) is 50.1. The lowest BCUT2D eigenvalue weighted by atomic mass is 9.82. The zero-order valence-corrected chi connectivity index (χ0v) is 41.8. The third-order valence-electron chi connectivity index (χ3n) is 11.1. The molecule has 10 heteroatoms. The van der Waals surface area contributed by atoms with E-state index in [4.69, 9.17) is 18.9 Å². The summed E-state index contributed by atoms with van der Waals surface area (Å²) >= 11 is 0. The van der Waals surface area contributed by atoms with E-state index in [0.29, 0.717) is 19.6 Å². The molecule has 10 nitrogen and oxygen atoms in total. The van der Waals surface area contributed by atoms with Crippen LogP contribution in [0.1, 0.15) is 132 Å². The highest BCUT2D eigenvalue weighted by Crippen LogP contribution is 2.58. The lowest BCUT2D eigenvalue weighted by Gasteiger charge is -2.35. The van der Waals surface area contributed by atoms with E-state index in [2.05, 4.69) is 76.6 Å². The molecule has 3 aliphatic carbocycles. The number of fused-ring (bicyclic) bond motifs is 5. The van der Waals surface area contributed by atoms with Gasteiger partial charge in [-0.3, -0.25) is 0 Å². The second kappa shape index (κ2) is 28.4. The fraction of sp³-hybridized carbons (Fsp3) is 0.500. The Bertz CT molecular complexity index is 1750. The molecule has 3 saturated carbocycles. The Morgan fingerprint density at radius 3 is 1.09 bits per heavy atom. The van der Waals surface area contributed by atoms with Crippen LogP contribution in [0.25, 0.3) is 12.2 Å². The van der Waals surface area contributed by atoms with Gasteiger partial charge in [-0.25, -0.2) is 19.2 Å². The molecule has 0 amide bonds. The molecule has 2 aromatic carbocycles. The maximum absolute atomic E-state index is 11.1. The van der Waals surface area contributed by atoms with Crippen molar-refractivity contribution in [2.45, 2.75) is 143 Å². The molecule has 66 heavy (non-hydrogen) atoms. The smallest absolute Gasteiger partial charge is 0.330 e. The molecule has 2 aromatic rings. The number of rotatable bonds is 18. The largest absolute Gasteiger partial charge is 0.488 e. The fourth-order valence-corrected chi connectivity index (χ4v) is 9.23. The monoisotopic (exact) mass is 913 g/mol. The summed E-state index contributed by atoms with van der Waals surface area (Å²) in [6, 6.07) is 15.9. The topological polar surface area (TPSA) is 124 Å². The van der Waals surface area contributed by atoms with Crippen LogP contribution in [0.5, 0.6) is 11.5 Å². The molecule has 0 aromatic heterocycles. The summed E-state index contributed by atoms with van der Waals surface area (Å²) in [7, 11) is 0. The lowest BCUT2D eigenvalue weighted by molar-refractivity contribution is -0.163. The molecule has 5 rings (SSSR count). The summed E-state index contributed by atoms with van der Waals surface area (Å²) in [5, 5.41) is 0. The highest BCUT2D eigenvalue weighted by Gasteiger charge is 2.48. The molecule has 364 valence electrons. The maximum Gasteiger partial charge on any atom is 0.330 e. The van der Waals surface area contributed by atoms with E-state index in [0.717, 1.165) is 53.4 Å². The third kappa shape index (κ3) is 23.0. The average molecular weight is 913 g/mol.